The van der Waals surface area contributed by atoms with E-state index >= 15 is 0 Å². The fourth-order valence-corrected chi connectivity index (χ4v) is 4.75. The highest BCUT2D eigenvalue weighted by molar-refractivity contribution is 5.94. The number of benzene rings is 1. The van der Waals surface area contributed by atoms with Crippen molar-refractivity contribution in [2.24, 2.45) is 0 Å². The lowest BCUT2D eigenvalue weighted by atomic mass is 10.0. The molecule has 0 saturated carbocycles. The normalized spacial score (nSPS) is 18.1. The molecular formula is C22H29N5O3. The molecule has 0 radical (unpaired) electrons. The molecule has 160 valence electrons. The third-order valence-electron chi connectivity index (χ3n) is 6.47. The van der Waals surface area contributed by atoms with Crippen LogP contribution in [0.4, 0.5) is 5.69 Å². The number of hydrogen-bond acceptors (Lipinski definition) is 5. The highest BCUT2D eigenvalue weighted by Gasteiger charge is 2.28. The van der Waals surface area contributed by atoms with Gasteiger partial charge in [-0.25, -0.2) is 0 Å². The SMILES string of the molecule is Cc1nn(Cc2ccc(C(=O)N3CCC(N4CCCC4)CC3)cc2)c(C)c1[N+](=O)[O-]. The Morgan fingerprint density at radius 3 is 2.30 bits per heavy atom. The number of piperidine rings is 1. The Labute approximate surface area is 176 Å². The molecule has 1 aromatic carbocycles. The predicted molar refractivity (Wildman–Crippen MR) is 114 cm³/mol. The smallest absolute Gasteiger partial charge is 0.312 e. The average Bonchev–Trinajstić information content (AvgIpc) is 3.37. The number of likely N-dealkylation sites (tertiary alicyclic amines) is 2. The molecule has 0 aliphatic carbocycles. The third kappa shape index (κ3) is 4.09. The summed E-state index contributed by atoms with van der Waals surface area (Å²) < 4.78 is 1.65. The Morgan fingerprint density at radius 1 is 1.10 bits per heavy atom. The van der Waals surface area contributed by atoms with Gasteiger partial charge in [0.1, 0.15) is 11.4 Å². The van der Waals surface area contributed by atoms with Crippen LogP contribution in [-0.4, -0.2) is 62.6 Å². The van der Waals surface area contributed by atoms with E-state index < -0.39 is 0 Å². The summed E-state index contributed by atoms with van der Waals surface area (Å²) in [4.78, 5) is 28.2. The van der Waals surface area contributed by atoms with Gasteiger partial charge < -0.3 is 9.80 Å². The minimum atomic E-state index is -0.386. The summed E-state index contributed by atoms with van der Waals surface area (Å²) in [6, 6.07) is 8.15. The third-order valence-corrected chi connectivity index (χ3v) is 6.47. The molecule has 2 fully saturated rings. The van der Waals surface area contributed by atoms with Crippen LogP contribution in [0.1, 0.15) is 53.0 Å². The highest BCUT2D eigenvalue weighted by Crippen LogP contribution is 2.24. The largest absolute Gasteiger partial charge is 0.339 e. The zero-order valence-corrected chi connectivity index (χ0v) is 17.7. The summed E-state index contributed by atoms with van der Waals surface area (Å²) in [5, 5.41) is 15.5. The number of carbonyl (C=O) groups excluding carboxylic acids is 1. The van der Waals surface area contributed by atoms with Crippen molar-refractivity contribution < 1.29 is 9.72 Å². The van der Waals surface area contributed by atoms with Gasteiger partial charge in [-0.1, -0.05) is 12.1 Å². The van der Waals surface area contributed by atoms with E-state index in [0.717, 1.165) is 31.5 Å². The fourth-order valence-electron chi connectivity index (χ4n) is 4.75. The van der Waals surface area contributed by atoms with Crippen LogP contribution in [0.25, 0.3) is 0 Å². The maximum atomic E-state index is 12.9. The molecule has 1 aromatic heterocycles. The number of rotatable bonds is 5. The van der Waals surface area contributed by atoms with Crippen LogP contribution in [0.15, 0.2) is 24.3 Å². The van der Waals surface area contributed by atoms with Crippen LogP contribution in [0.5, 0.6) is 0 Å². The van der Waals surface area contributed by atoms with Gasteiger partial charge in [-0.2, -0.15) is 5.10 Å². The molecule has 0 atom stereocenters. The molecule has 2 aliphatic heterocycles. The average molecular weight is 412 g/mol. The second-order valence-electron chi connectivity index (χ2n) is 8.40. The number of aryl methyl sites for hydroxylation is 1. The van der Waals surface area contributed by atoms with E-state index in [4.69, 9.17) is 0 Å². The highest BCUT2D eigenvalue weighted by atomic mass is 16.6. The zero-order valence-electron chi connectivity index (χ0n) is 17.7. The zero-order chi connectivity index (χ0) is 21.3. The summed E-state index contributed by atoms with van der Waals surface area (Å²) in [5.74, 6) is 0.0863. The Kier molecular flexibility index (Phi) is 5.85. The number of nitro groups is 1. The van der Waals surface area contributed by atoms with Crippen LogP contribution in [0.2, 0.25) is 0 Å². The van der Waals surface area contributed by atoms with Crippen molar-refractivity contribution in [3.63, 3.8) is 0 Å². The molecule has 30 heavy (non-hydrogen) atoms. The fraction of sp³-hybridized carbons (Fsp3) is 0.545. The van der Waals surface area contributed by atoms with Gasteiger partial charge in [0.15, 0.2) is 0 Å². The predicted octanol–water partition coefficient (Wildman–Crippen LogP) is 3.16. The molecule has 0 unspecified atom stereocenters. The van der Waals surface area contributed by atoms with E-state index in [-0.39, 0.29) is 16.5 Å². The molecular weight excluding hydrogens is 382 g/mol. The lowest BCUT2D eigenvalue weighted by Crippen LogP contribution is -2.45. The molecule has 2 aromatic rings. The molecule has 3 heterocycles. The standard InChI is InChI=1S/C22H29N5O3/c1-16-21(27(29)30)17(2)26(23-16)15-18-5-7-19(8-6-18)22(28)25-13-9-20(10-14-25)24-11-3-4-12-24/h5-8,20H,3-4,9-15H2,1-2H3. The van der Waals surface area contributed by atoms with Crippen LogP contribution in [0, 0.1) is 24.0 Å². The van der Waals surface area contributed by atoms with E-state index in [9.17, 15) is 14.9 Å². The van der Waals surface area contributed by atoms with Crippen molar-refractivity contribution in [3.05, 3.63) is 56.9 Å². The number of amides is 1. The number of carbonyl (C=O) groups is 1. The van der Waals surface area contributed by atoms with Crippen molar-refractivity contribution in [3.8, 4) is 0 Å². The number of aromatic nitrogens is 2. The molecule has 0 N–H and O–H groups in total. The van der Waals surface area contributed by atoms with E-state index in [0.29, 0.717) is 29.5 Å². The summed E-state index contributed by atoms with van der Waals surface area (Å²) in [5.41, 5.74) is 2.68. The summed E-state index contributed by atoms with van der Waals surface area (Å²) in [7, 11) is 0. The number of hydrogen-bond donors (Lipinski definition) is 0. The Hall–Kier alpha value is -2.74. The van der Waals surface area contributed by atoms with Crippen LogP contribution >= 0.6 is 0 Å². The van der Waals surface area contributed by atoms with Gasteiger partial charge in [-0.15, -0.1) is 0 Å². The number of nitrogens with zero attached hydrogens (tertiary/aromatic N) is 5. The Morgan fingerprint density at radius 2 is 1.73 bits per heavy atom. The molecule has 0 spiro atoms. The van der Waals surface area contributed by atoms with E-state index in [2.05, 4.69) is 10.00 Å². The molecule has 2 aliphatic rings. The minimum Gasteiger partial charge on any atom is -0.339 e. The van der Waals surface area contributed by atoms with Crippen molar-refractivity contribution in [2.75, 3.05) is 26.2 Å². The summed E-state index contributed by atoms with van der Waals surface area (Å²) >= 11 is 0. The monoisotopic (exact) mass is 411 g/mol. The van der Waals surface area contributed by atoms with Crippen LogP contribution < -0.4 is 0 Å². The van der Waals surface area contributed by atoms with E-state index in [1.807, 2.05) is 29.2 Å². The van der Waals surface area contributed by atoms with Gasteiger partial charge in [0.25, 0.3) is 5.91 Å². The van der Waals surface area contributed by atoms with Crippen LogP contribution in [-0.2, 0) is 6.54 Å². The quantitative estimate of drug-likeness (QED) is 0.557. The Bertz CT molecular complexity index is 923. The first-order valence-electron chi connectivity index (χ1n) is 10.7. The van der Waals surface area contributed by atoms with Crippen molar-refractivity contribution in [1.82, 2.24) is 19.6 Å². The van der Waals surface area contributed by atoms with Crippen molar-refractivity contribution in [2.45, 2.75) is 52.1 Å². The van der Waals surface area contributed by atoms with Gasteiger partial charge in [0, 0.05) is 24.7 Å². The Balaban J connectivity index is 1.37. The van der Waals surface area contributed by atoms with Crippen molar-refractivity contribution in [1.29, 1.82) is 0 Å². The maximum Gasteiger partial charge on any atom is 0.312 e. The molecule has 2 saturated heterocycles. The first-order valence-corrected chi connectivity index (χ1v) is 10.7. The molecule has 8 heteroatoms. The van der Waals surface area contributed by atoms with Crippen molar-refractivity contribution >= 4 is 11.6 Å². The maximum absolute atomic E-state index is 12.9. The van der Waals surface area contributed by atoms with E-state index in [1.165, 1.54) is 25.9 Å². The first-order chi connectivity index (χ1) is 14.4. The van der Waals surface area contributed by atoms with Crippen LogP contribution in [0.3, 0.4) is 0 Å². The lowest BCUT2D eigenvalue weighted by Gasteiger charge is -2.36. The summed E-state index contributed by atoms with van der Waals surface area (Å²) in [6.07, 6.45) is 4.72. The second kappa shape index (κ2) is 8.55. The van der Waals surface area contributed by atoms with Gasteiger partial charge in [0.2, 0.25) is 0 Å². The second-order valence-corrected chi connectivity index (χ2v) is 8.40. The van der Waals surface area contributed by atoms with Gasteiger partial charge in [-0.3, -0.25) is 19.6 Å². The molecule has 8 nitrogen and oxygen atoms in total. The van der Waals surface area contributed by atoms with Gasteiger partial charge in [0.05, 0.1) is 11.5 Å². The topological polar surface area (TPSA) is 84.5 Å². The van der Waals surface area contributed by atoms with E-state index in [1.54, 1.807) is 18.5 Å². The lowest BCUT2D eigenvalue weighted by molar-refractivity contribution is -0.386. The van der Waals surface area contributed by atoms with Gasteiger partial charge >= 0.3 is 5.69 Å². The van der Waals surface area contributed by atoms with Gasteiger partial charge in [-0.05, 0) is 70.3 Å². The summed E-state index contributed by atoms with van der Waals surface area (Å²) in [6.45, 7) is 7.85. The molecule has 0 bridgehead atoms. The first kappa shape index (κ1) is 20.5. The molecule has 1 amide bonds. The molecule has 4 rings (SSSR count). The minimum absolute atomic E-state index is 0.0686.